The van der Waals surface area contributed by atoms with Crippen LogP contribution in [-0.2, 0) is 6.54 Å². The van der Waals surface area contributed by atoms with Crippen molar-refractivity contribution in [1.82, 2.24) is 15.3 Å². The molecule has 2 aromatic rings. The molecule has 0 aliphatic carbocycles. The lowest BCUT2D eigenvalue weighted by Gasteiger charge is -2.09. The molecule has 4 nitrogen and oxygen atoms in total. The first-order valence-electron chi connectivity index (χ1n) is 6.22. The van der Waals surface area contributed by atoms with Crippen molar-refractivity contribution in [3.63, 3.8) is 0 Å². The molecule has 0 radical (unpaired) electrons. The van der Waals surface area contributed by atoms with Crippen LogP contribution in [0.5, 0.6) is 11.8 Å². The third kappa shape index (κ3) is 4.07. The van der Waals surface area contributed by atoms with Crippen molar-refractivity contribution in [2.45, 2.75) is 26.4 Å². The van der Waals surface area contributed by atoms with Gasteiger partial charge < -0.3 is 10.1 Å². The van der Waals surface area contributed by atoms with Crippen LogP contribution in [0.25, 0.3) is 0 Å². The summed E-state index contributed by atoms with van der Waals surface area (Å²) >= 11 is 12.0. The van der Waals surface area contributed by atoms with Crippen LogP contribution in [0.1, 0.15) is 19.4 Å². The molecule has 106 valence electrons. The van der Waals surface area contributed by atoms with E-state index in [4.69, 9.17) is 27.9 Å². The molecule has 0 amide bonds. The third-order valence-corrected chi connectivity index (χ3v) is 3.32. The highest BCUT2D eigenvalue weighted by Crippen LogP contribution is 2.33. The average Bonchev–Trinajstić information content (AvgIpc) is 2.43. The van der Waals surface area contributed by atoms with E-state index in [2.05, 4.69) is 29.1 Å². The molecule has 1 N–H and O–H groups in total. The Balaban J connectivity index is 2.05. The van der Waals surface area contributed by atoms with E-state index >= 15 is 0 Å². The fourth-order valence-electron chi connectivity index (χ4n) is 1.47. The van der Waals surface area contributed by atoms with Gasteiger partial charge in [0.25, 0.3) is 0 Å². The van der Waals surface area contributed by atoms with Gasteiger partial charge >= 0.3 is 6.01 Å². The summed E-state index contributed by atoms with van der Waals surface area (Å²) in [7, 11) is 0. The number of hydrogen-bond donors (Lipinski definition) is 1. The molecule has 0 unspecified atom stereocenters. The zero-order valence-corrected chi connectivity index (χ0v) is 12.7. The van der Waals surface area contributed by atoms with Gasteiger partial charge in [-0.15, -0.1) is 0 Å². The number of ether oxygens (including phenoxy) is 1. The van der Waals surface area contributed by atoms with Gasteiger partial charge in [-0.3, -0.25) is 0 Å². The van der Waals surface area contributed by atoms with E-state index in [1.54, 1.807) is 30.6 Å². The number of benzene rings is 1. The molecule has 20 heavy (non-hydrogen) atoms. The van der Waals surface area contributed by atoms with Crippen molar-refractivity contribution in [2.75, 3.05) is 0 Å². The summed E-state index contributed by atoms with van der Waals surface area (Å²) in [5.74, 6) is 0.437. The molecule has 6 heteroatoms. The Morgan fingerprint density at radius 1 is 1.20 bits per heavy atom. The van der Waals surface area contributed by atoms with E-state index in [9.17, 15) is 0 Å². The predicted octanol–water partition coefficient (Wildman–Crippen LogP) is 4.07. The summed E-state index contributed by atoms with van der Waals surface area (Å²) in [6.45, 7) is 4.88. The summed E-state index contributed by atoms with van der Waals surface area (Å²) in [5.41, 5.74) is 0.989. The SMILES string of the molecule is CC(C)NCc1cnc(Oc2cccc(Cl)c2Cl)nc1. The monoisotopic (exact) mass is 311 g/mol. The summed E-state index contributed by atoms with van der Waals surface area (Å²) in [5, 5.41) is 4.07. The Morgan fingerprint density at radius 3 is 2.55 bits per heavy atom. The minimum absolute atomic E-state index is 0.238. The average molecular weight is 312 g/mol. The maximum absolute atomic E-state index is 6.04. The molecule has 1 aromatic heterocycles. The molecule has 0 atom stereocenters. The third-order valence-electron chi connectivity index (χ3n) is 2.51. The lowest BCUT2D eigenvalue weighted by Crippen LogP contribution is -2.21. The van der Waals surface area contributed by atoms with Crippen molar-refractivity contribution in [3.05, 3.63) is 46.2 Å². The standard InChI is InChI=1S/C14H15Cl2N3O/c1-9(2)17-6-10-7-18-14(19-8-10)20-12-5-3-4-11(15)13(12)16/h3-5,7-9,17H,6H2,1-2H3. The van der Waals surface area contributed by atoms with Crippen molar-refractivity contribution >= 4 is 23.2 Å². The van der Waals surface area contributed by atoms with Crippen molar-refractivity contribution < 1.29 is 4.74 Å². The largest absolute Gasteiger partial charge is 0.423 e. The topological polar surface area (TPSA) is 47.0 Å². The molecule has 0 saturated carbocycles. The first-order valence-corrected chi connectivity index (χ1v) is 6.98. The van der Waals surface area contributed by atoms with Crippen LogP contribution in [-0.4, -0.2) is 16.0 Å². The van der Waals surface area contributed by atoms with Crippen molar-refractivity contribution in [3.8, 4) is 11.8 Å². The smallest absolute Gasteiger partial charge is 0.321 e. The lowest BCUT2D eigenvalue weighted by atomic mass is 10.3. The molecule has 0 saturated heterocycles. The van der Waals surface area contributed by atoms with Gasteiger partial charge in [0.1, 0.15) is 5.02 Å². The number of aromatic nitrogens is 2. The van der Waals surface area contributed by atoms with E-state index in [0.717, 1.165) is 12.1 Å². The van der Waals surface area contributed by atoms with E-state index in [1.807, 2.05) is 0 Å². The highest BCUT2D eigenvalue weighted by Gasteiger charge is 2.08. The number of rotatable bonds is 5. The van der Waals surface area contributed by atoms with Crippen LogP contribution in [0.4, 0.5) is 0 Å². The molecule has 0 spiro atoms. The minimum Gasteiger partial charge on any atom is -0.423 e. The van der Waals surface area contributed by atoms with Crippen molar-refractivity contribution in [2.24, 2.45) is 0 Å². The molecule has 0 bridgehead atoms. The highest BCUT2D eigenvalue weighted by atomic mass is 35.5. The summed E-state index contributed by atoms with van der Waals surface area (Å²) in [6, 6.07) is 5.81. The molecule has 0 aliphatic rings. The van der Waals surface area contributed by atoms with Gasteiger partial charge in [0.15, 0.2) is 5.75 Å². The molecular formula is C14H15Cl2N3O. The number of hydrogen-bond acceptors (Lipinski definition) is 4. The number of nitrogens with zero attached hydrogens (tertiary/aromatic N) is 2. The van der Waals surface area contributed by atoms with E-state index in [1.165, 1.54) is 0 Å². The maximum Gasteiger partial charge on any atom is 0.321 e. The van der Waals surface area contributed by atoms with Gasteiger partial charge in [-0.1, -0.05) is 43.1 Å². The second-order valence-electron chi connectivity index (χ2n) is 4.56. The van der Waals surface area contributed by atoms with Gasteiger partial charge in [-0.2, -0.15) is 0 Å². The number of nitrogens with one attached hydrogen (secondary N) is 1. The van der Waals surface area contributed by atoms with Gasteiger partial charge in [-0.25, -0.2) is 9.97 Å². The first-order chi connectivity index (χ1) is 9.56. The van der Waals surface area contributed by atoms with Crippen LogP contribution in [0.3, 0.4) is 0 Å². The fraction of sp³-hybridized carbons (Fsp3) is 0.286. The van der Waals surface area contributed by atoms with Crippen LogP contribution < -0.4 is 10.1 Å². The van der Waals surface area contributed by atoms with Crippen LogP contribution in [0.15, 0.2) is 30.6 Å². The van der Waals surface area contributed by atoms with E-state index < -0.39 is 0 Å². The Labute approximate surface area is 128 Å². The van der Waals surface area contributed by atoms with Gasteiger partial charge in [0, 0.05) is 30.5 Å². The zero-order chi connectivity index (χ0) is 14.5. The second kappa shape index (κ2) is 6.88. The van der Waals surface area contributed by atoms with Crippen LogP contribution >= 0.6 is 23.2 Å². The normalized spacial score (nSPS) is 10.8. The van der Waals surface area contributed by atoms with Gasteiger partial charge in [0.05, 0.1) is 5.02 Å². The zero-order valence-electron chi connectivity index (χ0n) is 11.2. The van der Waals surface area contributed by atoms with Gasteiger partial charge in [-0.05, 0) is 12.1 Å². The molecule has 0 aliphatic heterocycles. The maximum atomic E-state index is 6.04. The van der Waals surface area contributed by atoms with E-state index in [-0.39, 0.29) is 6.01 Å². The first kappa shape index (κ1) is 15.0. The summed E-state index contributed by atoms with van der Waals surface area (Å²) in [4.78, 5) is 8.30. The molecule has 2 rings (SSSR count). The Hall–Kier alpha value is -1.36. The fourth-order valence-corrected chi connectivity index (χ4v) is 1.80. The van der Waals surface area contributed by atoms with Crippen molar-refractivity contribution in [1.29, 1.82) is 0 Å². The van der Waals surface area contributed by atoms with Crippen LogP contribution in [0, 0.1) is 0 Å². The predicted molar refractivity (Wildman–Crippen MR) is 80.5 cm³/mol. The quantitative estimate of drug-likeness (QED) is 0.904. The lowest BCUT2D eigenvalue weighted by molar-refractivity contribution is 0.440. The van der Waals surface area contributed by atoms with Crippen LogP contribution in [0.2, 0.25) is 10.0 Å². The highest BCUT2D eigenvalue weighted by molar-refractivity contribution is 6.42. The molecule has 1 aromatic carbocycles. The molecule has 1 heterocycles. The Bertz CT molecular complexity index is 573. The van der Waals surface area contributed by atoms with E-state index in [0.29, 0.717) is 21.8 Å². The summed E-state index contributed by atoms with van der Waals surface area (Å²) in [6.07, 6.45) is 3.44. The number of halogens is 2. The second-order valence-corrected chi connectivity index (χ2v) is 5.35. The Kier molecular flexibility index (Phi) is 5.17. The minimum atomic E-state index is 0.238. The molecular weight excluding hydrogens is 297 g/mol. The Morgan fingerprint density at radius 2 is 1.90 bits per heavy atom. The summed E-state index contributed by atoms with van der Waals surface area (Å²) < 4.78 is 5.51. The molecule has 0 fully saturated rings. The van der Waals surface area contributed by atoms with Gasteiger partial charge in [0.2, 0.25) is 0 Å².